The van der Waals surface area contributed by atoms with Gasteiger partial charge < -0.3 is 18.9 Å². The van der Waals surface area contributed by atoms with Crippen molar-refractivity contribution in [1.82, 2.24) is 0 Å². The maximum Gasteiger partial charge on any atom is 0.185 e. The molecular formula is C21H24O5S. The minimum atomic E-state index is -0.117. The third-order valence-electron chi connectivity index (χ3n) is 3.90. The first kappa shape index (κ1) is 20.7. The molecule has 5 nitrogen and oxygen atoms in total. The monoisotopic (exact) mass is 388 g/mol. The molecular weight excluding hydrogens is 364 g/mol. The number of rotatable bonds is 9. The van der Waals surface area contributed by atoms with Crippen molar-refractivity contribution < 1.29 is 23.7 Å². The van der Waals surface area contributed by atoms with Gasteiger partial charge in [-0.25, -0.2) is 0 Å². The van der Waals surface area contributed by atoms with Crippen molar-refractivity contribution >= 4 is 23.6 Å². The van der Waals surface area contributed by atoms with Gasteiger partial charge in [-0.15, -0.1) is 11.8 Å². The van der Waals surface area contributed by atoms with Gasteiger partial charge >= 0.3 is 0 Å². The van der Waals surface area contributed by atoms with E-state index in [2.05, 4.69) is 6.92 Å². The second kappa shape index (κ2) is 9.92. The summed E-state index contributed by atoms with van der Waals surface area (Å²) in [5.74, 6) is 2.79. The highest BCUT2D eigenvalue weighted by Crippen LogP contribution is 2.45. The average Bonchev–Trinajstić information content (AvgIpc) is 2.71. The lowest BCUT2D eigenvalue weighted by atomic mass is 10.1. The molecule has 2 rings (SSSR count). The van der Waals surface area contributed by atoms with E-state index in [1.807, 2.05) is 24.3 Å². The number of hydrogen-bond acceptors (Lipinski definition) is 6. The van der Waals surface area contributed by atoms with Crippen molar-refractivity contribution in [2.24, 2.45) is 0 Å². The van der Waals surface area contributed by atoms with Gasteiger partial charge in [-0.3, -0.25) is 4.79 Å². The lowest BCUT2D eigenvalue weighted by Gasteiger charge is -2.17. The van der Waals surface area contributed by atoms with Crippen LogP contribution in [0.3, 0.4) is 0 Å². The molecule has 2 aromatic carbocycles. The van der Waals surface area contributed by atoms with Gasteiger partial charge in [0, 0.05) is 16.5 Å². The molecule has 0 atom stereocenters. The lowest BCUT2D eigenvalue weighted by Crippen LogP contribution is -2.00. The Kier molecular flexibility index (Phi) is 7.61. The van der Waals surface area contributed by atoms with E-state index in [9.17, 15) is 4.79 Å². The second-order valence-corrected chi connectivity index (χ2v) is 6.75. The molecule has 144 valence electrons. The number of hydrogen-bond donors (Lipinski definition) is 0. The summed E-state index contributed by atoms with van der Waals surface area (Å²) in [5, 5.41) is 0. The van der Waals surface area contributed by atoms with Crippen LogP contribution >= 0.6 is 11.8 Å². The normalized spacial score (nSPS) is 10.7. The maximum absolute atomic E-state index is 12.6. The summed E-state index contributed by atoms with van der Waals surface area (Å²) < 4.78 is 21.7. The standard InChI is InChI=1S/C21H24O5S/c1-6-27-15-9-7-14(8-10-15)17(22)12-11-16-20(25-4)18(23-2)13-19(24-3)21(16)26-5/h7-13H,6H2,1-5H3/b12-11+. The molecule has 0 aliphatic heterocycles. The highest BCUT2D eigenvalue weighted by atomic mass is 32.2. The molecule has 0 bridgehead atoms. The van der Waals surface area contributed by atoms with Gasteiger partial charge in [0.25, 0.3) is 0 Å². The fourth-order valence-corrected chi connectivity index (χ4v) is 3.29. The topological polar surface area (TPSA) is 54.0 Å². The van der Waals surface area contributed by atoms with Gasteiger partial charge in [-0.05, 0) is 42.2 Å². The van der Waals surface area contributed by atoms with Crippen LogP contribution in [0.15, 0.2) is 41.3 Å². The largest absolute Gasteiger partial charge is 0.493 e. The average molecular weight is 388 g/mol. The second-order valence-electron chi connectivity index (χ2n) is 5.42. The van der Waals surface area contributed by atoms with E-state index in [0.29, 0.717) is 34.1 Å². The molecule has 0 saturated carbocycles. The van der Waals surface area contributed by atoms with E-state index in [1.54, 1.807) is 23.9 Å². The molecule has 0 spiro atoms. The van der Waals surface area contributed by atoms with Crippen molar-refractivity contribution in [3.05, 3.63) is 47.5 Å². The molecule has 0 saturated heterocycles. The molecule has 0 amide bonds. The van der Waals surface area contributed by atoms with E-state index in [1.165, 1.54) is 34.5 Å². The smallest absolute Gasteiger partial charge is 0.185 e. The van der Waals surface area contributed by atoms with E-state index in [0.717, 1.165) is 10.6 Å². The predicted molar refractivity (Wildman–Crippen MR) is 109 cm³/mol. The zero-order valence-electron chi connectivity index (χ0n) is 16.2. The van der Waals surface area contributed by atoms with Gasteiger partial charge in [-0.2, -0.15) is 0 Å². The number of allylic oxidation sites excluding steroid dienone is 1. The van der Waals surface area contributed by atoms with Gasteiger partial charge in [0.05, 0.1) is 34.0 Å². The van der Waals surface area contributed by atoms with Crippen LogP contribution in [0.4, 0.5) is 0 Å². The van der Waals surface area contributed by atoms with Gasteiger partial charge in [0.15, 0.2) is 28.8 Å². The van der Waals surface area contributed by atoms with Crippen LogP contribution in [0.5, 0.6) is 23.0 Å². The Morgan fingerprint density at radius 2 is 1.48 bits per heavy atom. The van der Waals surface area contributed by atoms with Gasteiger partial charge in [0.2, 0.25) is 0 Å². The van der Waals surface area contributed by atoms with E-state index < -0.39 is 0 Å². The van der Waals surface area contributed by atoms with Crippen molar-refractivity contribution in [2.75, 3.05) is 34.2 Å². The molecule has 0 N–H and O–H groups in total. The van der Waals surface area contributed by atoms with E-state index >= 15 is 0 Å². The Bertz CT molecular complexity index is 782. The number of ketones is 1. The number of methoxy groups -OCH3 is 4. The summed E-state index contributed by atoms with van der Waals surface area (Å²) in [6, 6.07) is 9.23. The summed E-state index contributed by atoms with van der Waals surface area (Å²) >= 11 is 1.73. The van der Waals surface area contributed by atoms with Crippen molar-refractivity contribution in [1.29, 1.82) is 0 Å². The van der Waals surface area contributed by atoms with Crippen molar-refractivity contribution in [3.63, 3.8) is 0 Å². The Balaban J connectivity index is 2.40. The van der Waals surface area contributed by atoms with Crippen LogP contribution in [0, 0.1) is 0 Å². The molecule has 0 unspecified atom stereocenters. The van der Waals surface area contributed by atoms with Crippen molar-refractivity contribution in [2.45, 2.75) is 11.8 Å². The van der Waals surface area contributed by atoms with E-state index in [4.69, 9.17) is 18.9 Å². The van der Waals surface area contributed by atoms with Crippen LogP contribution in [0.25, 0.3) is 6.08 Å². The number of carbonyl (C=O) groups is 1. The third-order valence-corrected chi connectivity index (χ3v) is 4.79. The minimum absolute atomic E-state index is 0.117. The van der Waals surface area contributed by atoms with Gasteiger partial charge in [0.1, 0.15) is 0 Å². The summed E-state index contributed by atoms with van der Waals surface area (Å²) in [5.41, 5.74) is 1.18. The quantitative estimate of drug-likeness (QED) is 0.352. The van der Waals surface area contributed by atoms with Crippen molar-refractivity contribution in [3.8, 4) is 23.0 Å². The molecule has 0 radical (unpaired) electrons. The zero-order chi connectivity index (χ0) is 19.8. The third kappa shape index (κ3) is 4.77. The SMILES string of the molecule is CCSc1ccc(C(=O)/C=C/c2c(OC)c(OC)cc(OC)c2OC)cc1. The fraction of sp³-hybridized carbons (Fsp3) is 0.286. The summed E-state index contributed by atoms with van der Waals surface area (Å²) in [6.45, 7) is 2.09. The minimum Gasteiger partial charge on any atom is -0.493 e. The van der Waals surface area contributed by atoms with Crippen LogP contribution in [0.2, 0.25) is 0 Å². The van der Waals surface area contributed by atoms with E-state index in [-0.39, 0.29) is 5.78 Å². The summed E-state index contributed by atoms with van der Waals surface area (Å²) in [4.78, 5) is 13.7. The maximum atomic E-state index is 12.6. The number of carbonyl (C=O) groups excluding carboxylic acids is 1. The number of ether oxygens (including phenoxy) is 4. The van der Waals surface area contributed by atoms with Crippen LogP contribution in [0.1, 0.15) is 22.8 Å². The molecule has 0 aromatic heterocycles. The predicted octanol–water partition coefficient (Wildman–Crippen LogP) is 4.73. The first-order valence-electron chi connectivity index (χ1n) is 8.41. The van der Waals surface area contributed by atoms with Crippen LogP contribution < -0.4 is 18.9 Å². The highest BCUT2D eigenvalue weighted by molar-refractivity contribution is 7.99. The number of benzene rings is 2. The molecule has 0 aliphatic rings. The van der Waals surface area contributed by atoms with Crippen LogP contribution in [-0.2, 0) is 0 Å². The molecule has 0 heterocycles. The molecule has 0 aliphatic carbocycles. The molecule has 6 heteroatoms. The highest BCUT2D eigenvalue weighted by Gasteiger charge is 2.19. The summed E-state index contributed by atoms with van der Waals surface area (Å²) in [7, 11) is 6.15. The first-order valence-corrected chi connectivity index (χ1v) is 9.40. The molecule has 0 fully saturated rings. The number of thioether (sulfide) groups is 1. The summed E-state index contributed by atoms with van der Waals surface area (Å²) in [6.07, 6.45) is 3.14. The Morgan fingerprint density at radius 3 is 1.93 bits per heavy atom. The zero-order valence-corrected chi connectivity index (χ0v) is 17.0. The molecule has 27 heavy (non-hydrogen) atoms. The Morgan fingerprint density at radius 1 is 0.926 bits per heavy atom. The fourth-order valence-electron chi connectivity index (χ4n) is 2.63. The molecule has 2 aromatic rings. The Hall–Kier alpha value is -2.60. The van der Waals surface area contributed by atoms with Crippen LogP contribution in [-0.4, -0.2) is 40.0 Å². The lowest BCUT2D eigenvalue weighted by molar-refractivity contribution is 0.104. The Labute approximate surface area is 164 Å². The first-order chi connectivity index (χ1) is 13.1. The van der Waals surface area contributed by atoms with Gasteiger partial charge in [-0.1, -0.05) is 6.92 Å².